The van der Waals surface area contributed by atoms with Gasteiger partial charge in [0.15, 0.2) is 0 Å². The zero-order valence-corrected chi connectivity index (χ0v) is 45.2. The summed E-state index contributed by atoms with van der Waals surface area (Å²) in [5.74, 6) is -0.660. The molecule has 0 bridgehead atoms. The summed E-state index contributed by atoms with van der Waals surface area (Å²) in [5, 5.41) is 11.8. The second-order valence-electron chi connectivity index (χ2n) is 18.4. The molecule has 20 heteroatoms. The first-order chi connectivity index (χ1) is 36.6. The fraction of sp³-hybridized carbons (Fsp3) is 0.673. The van der Waals surface area contributed by atoms with E-state index in [4.69, 9.17) is 58.2 Å². The third-order valence-electron chi connectivity index (χ3n) is 12.0. The summed E-state index contributed by atoms with van der Waals surface area (Å²) in [6.45, 7) is 19.0. The molecule has 20 nitrogen and oxygen atoms in total. The number of amidine groups is 1. The second-order valence-corrected chi connectivity index (χ2v) is 18.4. The number of piperidine rings is 1. The number of hydrogen-bond donors (Lipinski definition) is 3. The number of nitrogens with one attached hydrogen (secondary N) is 1. The number of carboxylic acids is 1. The molecule has 2 aromatic carbocycles. The highest BCUT2D eigenvalue weighted by Gasteiger charge is 2.24. The first-order valence-corrected chi connectivity index (χ1v) is 26.9. The summed E-state index contributed by atoms with van der Waals surface area (Å²) < 4.78 is 55.0. The minimum absolute atomic E-state index is 0.00891. The molecule has 1 atom stereocenters. The Hall–Kier alpha value is -4.42. The largest absolute Gasteiger partial charge is 0.481 e. The van der Waals surface area contributed by atoms with Gasteiger partial charge in [0.2, 0.25) is 5.91 Å². The Morgan fingerprint density at radius 3 is 1.64 bits per heavy atom. The maximum absolute atomic E-state index is 13.5. The molecule has 0 aliphatic carbocycles. The standard InChI is InChI=1S/C55H88N6O14/c1-4-15-61(16-5-2)55(65)49-39-47-12-13-48(40-51(47)58-52(56)41-49)54(64)57-50-7-6-17-60(44-50)43-46-10-8-45(9-11-46)42-59(3)18-20-67-22-24-69-26-28-71-30-32-73-34-36-75-38-37-74-35-33-72-31-29-70-27-25-68-23-21-66-19-14-53(62)63/h8-13,39-40,50H,4-7,14-38,41-44H2,1-3H3,(H2,56,58)(H,57,64)(H,62,63)/t50-/m1/s1. The van der Waals surface area contributed by atoms with Crippen LogP contribution in [0.25, 0.3) is 6.08 Å². The number of likely N-dealkylation sites (N-methyl/N-ethyl adjacent to an activating group) is 1. The Morgan fingerprint density at radius 1 is 0.667 bits per heavy atom. The fourth-order valence-electron chi connectivity index (χ4n) is 8.17. The summed E-state index contributed by atoms with van der Waals surface area (Å²) in [6.07, 6.45) is 5.84. The number of rotatable bonds is 44. The number of carbonyl (C=O) groups is 3. The van der Waals surface area contributed by atoms with E-state index in [0.29, 0.717) is 161 Å². The number of aliphatic imine (C=N–C) groups is 1. The van der Waals surface area contributed by atoms with Crippen LogP contribution < -0.4 is 11.1 Å². The lowest BCUT2D eigenvalue weighted by Gasteiger charge is -2.33. The van der Waals surface area contributed by atoms with Gasteiger partial charge >= 0.3 is 5.97 Å². The van der Waals surface area contributed by atoms with Gasteiger partial charge in [0.25, 0.3) is 5.91 Å². The molecule has 0 unspecified atom stereocenters. The molecule has 0 aromatic heterocycles. The lowest BCUT2D eigenvalue weighted by molar-refractivity contribution is -0.138. The number of nitrogens with two attached hydrogens (primary N) is 1. The van der Waals surface area contributed by atoms with E-state index >= 15 is 0 Å². The van der Waals surface area contributed by atoms with E-state index < -0.39 is 5.97 Å². The monoisotopic (exact) mass is 1060 g/mol. The molecule has 4 rings (SSSR count). The predicted octanol–water partition coefficient (Wildman–Crippen LogP) is 4.58. The lowest BCUT2D eigenvalue weighted by Crippen LogP contribution is -2.47. The summed E-state index contributed by atoms with van der Waals surface area (Å²) in [5.41, 5.74) is 11.3. The van der Waals surface area contributed by atoms with Crippen LogP contribution in [-0.4, -0.2) is 221 Å². The predicted molar refractivity (Wildman–Crippen MR) is 286 cm³/mol. The van der Waals surface area contributed by atoms with Crippen LogP contribution in [-0.2, 0) is 70.0 Å². The van der Waals surface area contributed by atoms with Crippen molar-refractivity contribution in [1.82, 2.24) is 20.0 Å². The number of nitrogens with zero attached hydrogens (tertiary/aromatic N) is 4. The van der Waals surface area contributed by atoms with Crippen molar-refractivity contribution >= 4 is 35.4 Å². The van der Waals surface area contributed by atoms with Gasteiger partial charge < -0.3 is 68.4 Å². The average Bonchev–Trinajstić information content (AvgIpc) is 3.57. The van der Waals surface area contributed by atoms with Gasteiger partial charge in [0.05, 0.1) is 144 Å². The zero-order chi connectivity index (χ0) is 53.6. The maximum Gasteiger partial charge on any atom is 0.305 e. The summed E-state index contributed by atoms with van der Waals surface area (Å²) in [4.78, 5) is 48.4. The first kappa shape index (κ1) is 63.1. The van der Waals surface area contributed by atoms with Crippen molar-refractivity contribution in [3.05, 3.63) is 70.3 Å². The van der Waals surface area contributed by atoms with Crippen molar-refractivity contribution in [1.29, 1.82) is 0 Å². The van der Waals surface area contributed by atoms with E-state index in [1.165, 1.54) is 11.1 Å². The van der Waals surface area contributed by atoms with Crippen LogP contribution in [0.15, 0.2) is 53.0 Å². The van der Waals surface area contributed by atoms with Crippen LogP contribution in [0.2, 0.25) is 0 Å². The zero-order valence-electron chi connectivity index (χ0n) is 45.2. The molecule has 0 saturated carbocycles. The van der Waals surface area contributed by atoms with Crippen molar-refractivity contribution in [3.63, 3.8) is 0 Å². The molecular formula is C55H88N6O14. The highest BCUT2D eigenvalue weighted by atomic mass is 16.6. The first-order valence-electron chi connectivity index (χ1n) is 26.9. The number of amides is 2. The topological polar surface area (TPSA) is 224 Å². The molecule has 0 spiro atoms. The van der Waals surface area contributed by atoms with Gasteiger partial charge in [-0.25, -0.2) is 4.99 Å². The van der Waals surface area contributed by atoms with E-state index in [2.05, 4.69) is 65.3 Å². The van der Waals surface area contributed by atoms with Crippen LogP contribution in [0.1, 0.15) is 79.4 Å². The normalized spacial score (nSPS) is 14.9. The van der Waals surface area contributed by atoms with Crippen LogP contribution in [0.5, 0.6) is 0 Å². The number of fused-ring (bicyclic) bond motifs is 1. The molecule has 2 aliphatic heterocycles. The number of carbonyl (C=O) groups excluding carboxylic acids is 2. The Bertz CT molecular complexity index is 1940. The molecule has 2 aliphatic rings. The van der Waals surface area contributed by atoms with Crippen molar-refractivity contribution in [2.24, 2.45) is 10.7 Å². The van der Waals surface area contributed by atoms with E-state index in [9.17, 15) is 14.4 Å². The van der Waals surface area contributed by atoms with Crippen LogP contribution in [0.4, 0.5) is 5.69 Å². The van der Waals surface area contributed by atoms with Gasteiger partial charge in [0.1, 0.15) is 5.84 Å². The molecule has 1 fully saturated rings. The molecule has 2 heterocycles. The molecule has 0 radical (unpaired) electrons. The fourth-order valence-corrected chi connectivity index (χ4v) is 8.17. The number of hydrogen-bond acceptors (Lipinski definition) is 17. The number of carboxylic acid groups (broad SMARTS) is 1. The molecule has 4 N–H and O–H groups in total. The van der Waals surface area contributed by atoms with E-state index in [-0.39, 0.29) is 37.3 Å². The minimum Gasteiger partial charge on any atom is -0.481 e. The van der Waals surface area contributed by atoms with E-state index in [0.717, 1.165) is 64.0 Å². The van der Waals surface area contributed by atoms with Gasteiger partial charge in [-0.2, -0.15) is 0 Å². The number of aliphatic carboxylic acids is 1. The van der Waals surface area contributed by atoms with Crippen molar-refractivity contribution in [3.8, 4) is 0 Å². The van der Waals surface area contributed by atoms with E-state index in [1.807, 2.05) is 17.0 Å². The van der Waals surface area contributed by atoms with Crippen molar-refractivity contribution < 1.29 is 66.9 Å². The molecule has 2 amide bonds. The Labute approximate surface area is 445 Å². The summed E-state index contributed by atoms with van der Waals surface area (Å²) in [6, 6.07) is 14.3. The Kier molecular flexibility index (Phi) is 33.6. The summed E-state index contributed by atoms with van der Waals surface area (Å²) in [7, 11) is 2.09. The second kappa shape index (κ2) is 39.9. The number of ether oxygens (including phenoxy) is 10. The Balaban J connectivity index is 0.927. The van der Waals surface area contributed by atoms with Crippen LogP contribution in [0.3, 0.4) is 0 Å². The van der Waals surface area contributed by atoms with Gasteiger partial charge in [-0.15, -0.1) is 0 Å². The third kappa shape index (κ3) is 28.5. The third-order valence-corrected chi connectivity index (χ3v) is 12.0. The van der Waals surface area contributed by atoms with Gasteiger partial charge in [0, 0.05) is 68.4 Å². The van der Waals surface area contributed by atoms with Crippen LogP contribution in [0, 0.1) is 0 Å². The summed E-state index contributed by atoms with van der Waals surface area (Å²) >= 11 is 0. The van der Waals surface area contributed by atoms with Gasteiger partial charge in [-0.3, -0.25) is 24.2 Å². The molecular weight excluding hydrogens is 969 g/mol. The molecule has 422 valence electrons. The smallest absolute Gasteiger partial charge is 0.305 e. The highest BCUT2D eigenvalue weighted by molar-refractivity contribution is 6.06. The van der Waals surface area contributed by atoms with Crippen LogP contribution >= 0.6 is 0 Å². The minimum atomic E-state index is -0.878. The number of likely N-dealkylation sites (tertiary alicyclic amines) is 1. The molecule has 2 aromatic rings. The SMILES string of the molecule is CCCN(CCC)C(=O)C1=Cc2ccc(C(=O)N[C@@H]3CCCN(Cc4ccc(CN(C)CCOCCOCCOCCOCCOCCOCCOCCOCCOCCOCCC(=O)O)cc4)C3)cc2N=C(N)C1. The molecule has 1 saturated heterocycles. The molecule has 75 heavy (non-hydrogen) atoms. The average molecular weight is 1060 g/mol. The number of benzene rings is 2. The van der Waals surface area contributed by atoms with Crippen molar-refractivity contribution in [2.75, 3.05) is 172 Å². The van der Waals surface area contributed by atoms with Gasteiger partial charge in [-0.1, -0.05) is 44.2 Å². The van der Waals surface area contributed by atoms with Crippen molar-refractivity contribution in [2.45, 2.75) is 71.5 Å². The Morgan fingerprint density at radius 2 is 1.15 bits per heavy atom. The highest BCUT2D eigenvalue weighted by Crippen LogP contribution is 2.29. The maximum atomic E-state index is 13.5. The van der Waals surface area contributed by atoms with Gasteiger partial charge in [-0.05, 0) is 68.6 Å². The quantitative estimate of drug-likeness (QED) is 0.0773. The lowest BCUT2D eigenvalue weighted by atomic mass is 10.0. The van der Waals surface area contributed by atoms with E-state index in [1.54, 1.807) is 12.1 Å².